The predicted molar refractivity (Wildman–Crippen MR) is 107 cm³/mol. The van der Waals surface area contributed by atoms with Crippen molar-refractivity contribution >= 4 is 28.0 Å². The van der Waals surface area contributed by atoms with Crippen LogP contribution in [0.4, 0.5) is 26.3 Å². The third-order valence-corrected chi connectivity index (χ3v) is 7.73. The molecule has 5 atom stereocenters. The standard InChI is InChI=1S/C21H18F6O9S/c1-8-2-3-9(16(28)36-19(20(22,23)24,21(25,26)27)7-37(31,32)33)5-12(8)34-17(29)14-10-4-11-13(6-10)35-18(30)15(11)14/h2-3,5,10-11,13-15H,4,6-7H2,1H3,(H,31,32,33). The topological polar surface area (TPSA) is 133 Å². The van der Waals surface area contributed by atoms with Crippen LogP contribution in [-0.4, -0.2) is 60.7 Å². The van der Waals surface area contributed by atoms with Crippen molar-refractivity contribution in [2.45, 2.75) is 43.8 Å². The average molecular weight is 560 g/mol. The molecule has 2 aliphatic carbocycles. The molecule has 1 aromatic carbocycles. The molecule has 9 nitrogen and oxygen atoms in total. The van der Waals surface area contributed by atoms with Crippen molar-refractivity contribution in [3.05, 3.63) is 29.3 Å². The Morgan fingerprint density at radius 2 is 1.73 bits per heavy atom. The lowest BCUT2D eigenvalue weighted by atomic mass is 9.80. The minimum absolute atomic E-state index is 0.155. The molecule has 0 spiro atoms. The zero-order chi connectivity index (χ0) is 27.7. The maximum Gasteiger partial charge on any atom is 0.438 e. The number of hydrogen-bond acceptors (Lipinski definition) is 8. The van der Waals surface area contributed by atoms with Gasteiger partial charge in [0, 0.05) is 5.92 Å². The summed E-state index contributed by atoms with van der Waals surface area (Å²) in [6.45, 7) is 1.37. The van der Waals surface area contributed by atoms with Crippen LogP contribution in [0, 0.1) is 30.6 Å². The number of carbonyl (C=O) groups excluding carboxylic acids is 3. The summed E-state index contributed by atoms with van der Waals surface area (Å²) in [5, 5.41) is 0. The van der Waals surface area contributed by atoms with Crippen LogP contribution in [0.2, 0.25) is 0 Å². The highest BCUT2D eigenvalue weighted by molar-refractivity contribution is 7.85. The van der Waals surface area contributed by atoms with E-state index in [-0.39, 0.29) is 23.5 Å². The first kappa shape index (κ1) is 27.2. The lowest BCUT2D eigenvalue weighted by Crippen LogP contribution is -2.63. The first-order valence-corrected chi connectivity index (χ1v) is 12.3. The van der Waals surface area contributed by atoms with Crippen molar-refractivity contribution < 1.29 is 67.9 Å². The number of esters is 3. The molecule has 1 heterocycles. The van der Waals surface area contributed by atoms with E-state index in [0.717, 1.165) is 12.1 Å². The number of hydrogen-bond donors (Lipinski definition) is 1. The van der Waals surface area contributed by atoms with E-state index in [0.29, 0.717) is 18.9 Å². The van der Waals surface area contributed by atoms with E-state index < -0.39 is 74.9 Å². The summed E-state index contributed by atoms with van der Waals surface area (Å²) in [6.07, 6.45) is -12.3. The monoisotopic (exact) mass is 560 g/mol. The van der Waals surface area contributed by atoms with E-state index >= 15 is 0 Å². The molecular weight excluding hydrogens is 542 g/mol. The maximum absolute atomic E-state index is 13.5. The Balaban J connectivity index is 1.60. The number of halogens is 6. The second-order valence-electron chi connectivity index (χ2n) is 9.26. The summed E-state index contributed by atoms with van der Waals surface area (Å²) in [7, 11) is -5.95. The van der Waals surface area contributed by atoms with Crippen molar-refractivity contribution in [3.63, 3.8) is 0 Å². The van der Waals surface area contributed by atoms with E-state index in [1.165, 1.54) is 6.92 Å². The van der Waals surface area contributed by atoms with Gasteiger partial charge < -0.3 is 14.2 Å². The molecule has 1 N–H and O–H groups in total. The first-order chi connectivity index (χ1) is 16.8. The largest absolute Gasteiger partial charge is 0.462 e. The summed E-state index contributed by atoms with van der Waals surface area (Å²) in [5.74, 6) is -9.09. The molecule has 5 unspecified atom stereocenters. The summed E-state index contributed by atoms with van der Waals surface area (Å²) in [6, 6.07) is 2.48. The molecule has 0 aromatic heterocycles. The van der Waals surface area contributed by atoms with Crippen LogP contribution < -0.4 is 4.74 Å². The quantitative estimate of drug-likeness (QED) is 0.241. The second kappa shape index (κ2) is 8.58. The van der Waals surface area contributed by atoms with Gasteiger partial charge in [-0.3, -0.25) is 14.1 Å². The molecule has 2 saturated carbocycles. The van der Waals surface area contributed by atoms with Crippen LogP contribution in [0.5, 0.6) is 5.75 Å². The molecule has 0 radical (unpaired) electrons. The average Bonchev–Trinajstić information content (AvgIpc) is 3.34. The molecular formula is C21H18F6O9S. The minimum Gasteiger partial charge on any atom is -0.462 e. The smallest absolute Gasteiger partial charge is 0.438 e. The van der Waals surface area contributed by atoms with Gasteiger partial charge in [0.25, 0.3) is 10.1 Å². The van der Waals surface area contributed by atoms with E-state index in [4.69, 9.17) is 14.0 Å². The fraction of sp³-hybridized carbons (Fsp3) is 0.571. The minimum atomic E-state index is -6.49. The predicted octanol–water partition coefficient (Wildman–Crippen LogP) is 3.01. The highest BCUT2D eigenvalue weighted by Gasteiger charge is 2.76. The number of alkyl halides is 6. The highest BCUT2D eigenvalue weighted by atomic mass is 32.2. The van der Waals surface area contributed by atoms with E-state index in [1.807, 2.05) is 0 Å². The molecule has 4 rings (SSSR count). The fourth-order valence-electron chi connectivity index (χ4n) is 5.28. The lowest BCUT2D eigenvalue weighted by Gasteiger charge is -2.35. The van der Waals surface area contributed by atoms with Gasteiger partial charge in [0.1, 0.15) is 17.6 Å². The molecule has 0 amide bonds. The Bertz CT molecular complexity index is 1240. The summed E-state index contributed by atoms with van der Waals surface area (Å²) < 4.78 is 126. The molecule has 2 bridgehead atoms. The molecule has 16 heteroatoms. The summed E-state index contributed by atoms with van der Waals surface area (Å²) in [5.41, 5.74) is -6.36. The lowest BCUT2D eigenvalue weighted by molar-refractivity contribution is -0.356. The molecule has 1 aliphatic heterocycles. The summed E-state index contributed by atoms with van der Waals surface area (Å²) in [4.78, 5) is 37.4. The third-order valence-electron chi connectivity index (χ3n) is 6.96. The number of rotatable bonds is 6. The van der Waals surface area contributed by atoms with Crippen LogP contribution >= 0.6 is 0 Å². The highest BCUT2D eigenvalue weighted by Crippen LogP contribution is 2.58. The van der Waals surface area contributed by atoms with Crippen molar-refractivity contribution in [2.75, 3.05) is 5.75 Å². The molecule has 3 fully saturated rings. The van der Waals surface area contributed by atoms with Gasteiger partial charge in [-0.2, -0.15) is 34.8 Å². The maximum atomic E-state index is 13.5. The molecule has 204 valence electrons. The van der Waals surface area contributed by atoms with Gasteiger partial charge in [-0.1, -0.05) is 6.07 Å². The second-order valence-corrected chi connectivity index (χ2v) is 10.7. The molecule has 3 aliphatic rings. The Morgan fingerprint density at radius 3 is 2.30 bits per heavy atom. The Kier molecular flexibility index (Phi) is 6.30. The van der Waals surface area contributed by atoms with Crippen LogP contribution in [0.15, 0.2) is 18.2 Å². The van der Waals surface area contributed by atoms with Crippen LogP contribution in [-0.2, 0) is 29.2 Å². The van der Waals surface area contributed by atoms with Crippen molar-refractivity contribution in [1.29, 1.82) is 0 Å². The van der Waals surface area contributed by atoms with Crippen molar-refractivity contribution in [1.82, 2.24) is 0 Å². The van der Waals surface area contributed by atoms with Gasteiger partial charge in [-0.15, -0.1) is 0 Å². The van der Waals surface area contributed by atoms with E-state index in [9.17, 15) is 49.1 Å². The van der Waals surface area contributed by atoms with Gasteiger partial charge in [-0.05, 0) is 43.4 Å². The van der Waals surface area contributed by atoms with Crippen molar-refractivity contribution in [2.24, 2.45) is 23.7 Å². The van der Waals surface area contributed by atoms with Gasteiger partial charge in [0.05, 0.1) is 17.4 Å². The Labute approximate surface area is 204 Å². The van der Waals surface area contributed by atoms with Gasteiger partial charge in [-0.25, -0.2) is 4.79 Å². The van der Waals surface area contributed by atoms with Crippen LogP contribution in [0.1, 0.15) is 28.8 Å². The number of aryl methyl sites for hydroxylation is 1. The van der Waals surface area contributed by atoms with Crippen LogP contribution in [0.25, 0.3) is 0 Å². The van der Waals surface area contributed by atoms with Gasteiger partial charge in [0.2, 0.25) is 0 Å². The SMILES string of the molecule is Cc1ccc(C(=O)OC(CS(=O)(=O)O)(C(F)(F)F)C(F)(F)F)cc1OC(=O)C1C2CC3OC(=O)C1C3C2. The summed E-state index contributed by atoms with van der Waals surface area (Å²) >= 11 is 0. The Hall–Kier alpha value is -2.88. The van der Waals surface area contributed by atoms with Gasteiger partial charge in [0.15, 0.2) is 0 Å². The number of carbonyl (C=O) groups is 3. The molecule has 1 saturated heterocycles. The van der Waals surface area contributed by atoms with E-state index in [1.54, 1.807) is 0 Å². The zero-order valence-corrected chi connectivity index (χ0v) is 19.4. The van der Waals surface area contributed by atoms with Crippen molar-refractivity contribution in [3.8, 4) is 5.75 Å². The third kappa shape index (κ3) is 4.64. The fourth-order valence-corrected chi connectivity index (χ4v) is 6.18. The van der Waals surface area contributed by atoms with Crippen LogP contribution in [0.3, 0.4) is 0 Å². The molecule has 1 aromatic rings. The number of fused-ring (bicyclic) bond motifs is 1. The molecule has 37 heavy (non-hydrogen) atoms. The number of ether oxygens (including phenoxy) is 3. The normalized spacial score (nSPS) is 27.2. The zero-order valence-electron chi connectivity index (χ0n) is 18.6. The first-order valence-electron chi connectivity index (χ1n) is 10.7. The Morgan fingerprint density at radius 1 is 1.11 bits per heavy atom. The number of benzene rings is 1. The van der Waals surface area contributed by atoms with E-state index in [2.05, 4.69) is 4.74 Å². The van der Waals surface area contributed by atoms with Gasteiger partial charge >= 0.3 is 35.9 Å².